The summed E-state index contributed by atoms with van der Waals surface area (Å²) in [7, 11) is 0. The first-order valence-electron chi connectivity index (χ1n) is 8.48. The number of alkyl halides is 6. The first-order chi connectivity index (χ1) is 14.5. The van der Waals surface area contributed by atoms with E-state index < -0.39 is 46.0 Å². The fourth-order valence-electron chi connectivity index (χ4n) is 2.47. The molecule has 164 valence electrons. The van der Waals surface area contributed by atoms with Crippen LogP contribution >= 0.6 is 11.8 Å². The van der Waals surface area contributed by atoms with E-state index in [9.17, 15) is 36.4 Å². The lowest BCUT2D eigenvalue weighted by Gasteiger charge is -2.17. The summed E-state index contributed by atoms with van der Waals surface area (Å²) in [4.78, 5) is 12.0. The molecule has 0 fully saturated rings. The number of thioether (sulfide) groups is 1. The second-order valence-electron chi connectivity index (χ2n) is 5.72. The summed E-state index contributed by atoms with van der Waals surface area (Å²) in [6.45, 7) is 1.61. The van der Waals surface area contributed by atoms with Crippen LogP contribution in [0, 0.1) is 11.3 Å². The van der Waals surface area contributed by atoms with E-state index in [-0.39, 0.29) is 11.3 Å². The molecular weight excluding hydrogens is 448 g/mol. The van der Waals surface area contributed by atoms with Crippen molar-refractivity contribution in [1.29, 1.82) is 5.26 Å². The van der Waals surface area contributed by atoms with E-state index in [2.05, 4.69) is 4.74 Å². The number of carbonyl (C=O) groups excluding carboxylic acids is 1. The fraction of sp³-hybridized carbons (Fsp3) is 0.200. The zero-order valence-electron chi connectivity index (χ0n) is 15.7. The summed E-state index contributed by atoms with van der Waals surface area (Å²) in [6, 6.07) is 9.70. The van der Waals surface area contributed by atoms with E-state index in [0.29, 0.717) is 11.8 Å². The molecule has 2 aromatic rings. The minimum absolute atomic E-state index is 0.0710. The molecule has 0 atom stereocenters. The maximum absolute atomic E-state index is 13.5. The average molecular weight is 461 g/mol. The number of ether oxygens (including phenoxy) is 2. The maximum atomic E-state index is 13.5. The Labute approximate surface area is 177 Å². The highest BCUT2D eigenvalue weighted by Gasteiger charge is 2.36. The molecule has 0 aliphatic rings. The third-order valence-corrected chi connectivity index (χ3v) is 4.25. The first kappa shape index (κ1) is 24.1. The van der Waals surface area contributed by atoms with Crippen LogP contribution in [0.5, 0.6) is 5.75 Å². The third-order valence-electron chi connectivity index (χ3n) is 3.64. The number of hydrogen-bond acceptors (Lipinski definition) is 5. The zero-order chi connectivity index (χ0) is 23.2. The van der Waals surface area contributed by atoms with Crippen LogP contribution in [0.2, 0.25) is 0 Å². The van der Waals surface area contributed by atoms with Crippen LogP contribution in [0.15, 0.2) is 48.5 Å². The molecule has 0 heterocycles. The van der Waals surface area contributed by atoms with Gasteiger partial charge in [-0.05, 0) is 47.7 Å². The van der Waals surface area contributed by atoms with E-state index >= 15 is 0 Å². The molecule has 0 N–H and O–H groups in total. The van der Waals surface area contributed by atoms with Crippen LogP contribution in [-0.4, -0.2) is 17.4 Å². The Balaban J connectivity index is 2.66. The summed E-state index contributed by atoms with van der Waals surface area (Å²) < 4.78 is 86.4. The highest BCUT2D eigenvalue weighted by atomic mass is 32.2. The molecule has 11 heteroatoms. The van der Waals surface area contributed by atoms with Gasteiger partial charge < -0.3 is 9.47 Å². The highest BCUT2D eigenvalue weighted by molar-refractivity contribution is 8.13. The molecule has 0 aromatic heterocycles. The van der Waals surface area contributed by atoms with E-state index in [4.69, 9.17) is 4.74 Å². The number of benzene rings is 2. The van der Waals surface area contributed by atoms with Crippen molar-refractivity contribution in [2.45, 2.75) is 19.5 Å². The predicted molar refractivity (Wildman–Crippen MR) is 102 cm³/mol. The summed E-state index contributed by atoms with van der Waals surface area (Å²) in [5.74, 6) is -0.992. The Bertz CT molecular complexity index is 1010. The molecular formula is C20H13F6NO3S. The van der Waals surface area contributed by atoms with E-state index in [1.165, 1.54) is 6.07 Å². The topological polar surface area (TPSA) is 59.3 Å². The molecule has 2 rings (SSSR count). The lowest BCUT2D eigenvalue weighted by atomic mass is 9.98. The molecule has 0 aliphatic carbocycles. The van der Waals surface area contributed by atoms with Crippen molar-refractivity contribution < 1.29 is 40.6 Å². The van der Waals surface area contributed by atoms with Crippen LogP contribution in [0.25, 0.3) is 11.3 Å². The van der Waals surface area contributed by atoms with Gasteiger partial charge in [-0.2, -0.15) is 18.4 Å². The van der Waals surface area contributed by atoms with Crippen molar-refractivity contribution in [3.05, 3.63) is 65.2 Å². The highest BCUT2D eigenvalue weighted by Crippen LogP contribution is 2.38. The molecule has 0 spiro atoms. The molecule has 0 saturated heterocycles. The van der Waals surface area contributed by atoms with Gasteiger partial charge in [0.1, 0.15) is 17.4 Å². The monoisotopic (exact) mass is 461 g/mol. The summed E-state index contributed by atoms with van der Waals surface area (Å²) in [5, 5.41) is 8.66. The Kier molecular flexibility index (Phi) is 7.62. The van der Waals surface area contributed by atoms with Gasteiger partial charge in [0.15, 0.2) is 5.76 Å². The number of allylic oxidation sites excluding steroid dienone is 1. The van der Waals surface area contributed by atoms with Crippen LogP contribution in [0.3, 0.4) is 0 Å². The van der Waals surface area contributed by atoms with Gasteiger partial charge in [-0.3, -0.25) is 0 Å². The van der Waals surface area contributed by atoms with Crippen molar-refractivity contribution in [2.75, 3.05) is 5.75 Å². The number of rotatable bonds is 5. The molecule has 0 aliphatic heterocycles. The minimum atomic E-state index is -4.95. The molecule has 2 aromatic carbocycles. The molecule has 0 saturated carbocycles. The Morgan fingerprint density at radius 1 is 1.03 bits per heavy atom. The summed E-state index contributed by atoms with van der Waals surface area (Å²) >= 11 is 0.669. The smallest absolute Gasteiger partial charge is 0.416 e. The number of halogens is 6. The quantitative estimate of drug-likeness (QED) is 0.160. The fourth-order valence-corrected chi connectivity index (χ4v) is 2.85. The molecule has 0 unspecified atom stereocenters. The standard InChI is InChI=1S/C20H13F6NO3S/c1-2-31-18(28)29-17(14-5-3-4-6-16(14)19(21,22)23)15(11-27)12-7-9-13(10-8-12)30-20(24,25)26/h3-10H,2H2,1H3. The lowest BCUT2D eigenvalue weighted by molar-refractivity contribution is -0.274. The molecule has 0 bridgehead atoms. The van der Waals surface area contributed by atoms with Crippen molar-refractivity contribution >= 4 is 28.4 Å². The first-order valence-corrected chi connectivity index (χ1v) is 9.46. The third kappa shape index (κ3) is 6.68. The van der Waals surface area contributed by atoms with Crippen LogP contribution in [0.4, 0.5) is 31.1 Å². The zero-order valence-corrected chi connectivity index (χ0v) is 16.5. The Morgan fingerprint density at radius 3 is 2.16 bits per heavy atom. The normalized spacial score (nSPS) is 12.6. The second-order valence-corrected chi connectivity index (χ2v) is 6.92. The molecule has 0 radical (unpaired) electrons. The SMILES string of the molecule is CCSC(=O)OC(=C(C#N)c1ccc(OC(F)(F)F)cc1)c1ccccc1C(F)(F)F. The van der Waals surface area contributed by atoms with E-state index in [1.54, 1.807) is 13.0 Å². The van der Waals surface area contributed by atoms with E-state index in [0.717, 1.165) is 42.5 Å². The summed E-state index contributed by atoms with van der Waals surface area (Å²) in [5.41, 5.74) is -2.25. The van der Waals surface area contributed by atoms with Crippen molar-refractivity contribution in [1.82, 2.24) is 0 Å². The van der Waals surface area contributed by atoms with Crippen LogP contribution < -0.4 is 4.74 Å². The number of nitriles is 1. The minimum Gasteiger partial charge on any atom is -0.416 e. The van der Waals surface area contributed by atoms with Gasteiger partial charge in [0.05, 0.1) is 5.56 Å². The van der Waals surface area contributed by atoms with Crippen molar-refractivity contribution in [3.63, 3.8) is 0 Å². The maximum Gasteiger partial charge on any atom is 0.573 e. The summed E-state index contributed by atoms with van der Waals surface area (Å²) in [6.07, 6.45) is -9.77. The Hall–Kier alpha value is -3.13. The van der Waals surface area contributed by atoms with Crippen molar-refractivity contribution in [3.8, 4) is 11.8 Å². The van der Waals surface area contributed by atoms with Gasteiger partial charge in [-0.25, -0.2) is 4.79 Å². The average Bonchev–Trinajstić information content (AvgIpc) is 2.67. The second kappa shape index (κ2) is 9.78. The lowest BCUT2D eigenvalue weighted by Crippen LogP contribution is -2.17. The Morgan fingerprint density at radius 2 is 1.65 bits per heavy atom. The van der Waals surface area contributed by atoms with Gasteiger partial charge in [-0.15, -0.1) is 13.2 Å². The van der Waals surface area contributed by atoms with Crippen LogP contribution in [0.1, 0.15) is 23.6 Å². The van der Waals surface area contributed by atoms with Crippen molar-refractivity contribution in [2.24, 2.45) is 0 Å². The van der Waals surface area contributed by atoms with Gasteiger partial charge in [0.25, 0.3) is 0 Å². The molecule has 0 amide bonds. The largest absolute Gasteiger partial charge is 0.573 e. The number of nitrogens with zero attached hydrogens (tertiary/aromatic N) is 1. The molecule has 4 nitrogen and oxygen atoms in total. The van der Waals surface area contributed by atoms with Gasteiger partial charge in [-0.1, -0.05) is 25.1 Å². The predicted octanol–water partition coefficient (Wildman–Crippen LogP) is 6.89. The molecule has 31 heavy (non-hydrogen) atoms. The van der Waals surface area contributed by atoms with Gasteiger partial charge in [0.2, 0.25) is 0 Å². The van der Waals surface area contributed by atoms with Gasteiger partial charge >= 0.3 is 17.8 Å². The van der Waals surface area contributed by atoms with Gasteiger partial charge in [0, 0.05) is 11.3 Å². The number of hydrogen-bond donors (Lipinski definition) is 0. The van der Waals surface area contributed by atoms with Crippen LogP contribution in [-0.2, 0) is 10.9 Å². The number of carbonyl (C=O) groups is 1. The van der Waals surface area contributed by atoms with E-state index in [1.807, 2.05) is 0 Å².